The molecule has 1 aromatic carbocycles. The Bertz CT molecular complexity index is 836. The first-order chi connectivity index (χ1) is 12.1. The molecule has 0 spiro atoms. The fourth-order valence-electron chi connectivity index (χ4n) is 2.02. The van der Waals surface area contributed by atoms with Crippen LogP contribution in [-0.2, 0) is 9.59 Å². The molecule has 9 heteroatoms. The number of thiophene rings is 1. The third-order valence-corrected chi connectivity index (χ3v) is 5.05. The first kappa shape index (κ1) is 17.3. The van der Waals surface area contributed by atoms with Crippen molar-refractivity contribution in [3.8, 4) is 0 Å². The van der Waals surface area contributed by atoms with Crippen LogP contribution in [0.25, 0.3) is 0 Å². The molecule has 1 saturated heterocycles. The molecular formula is C16H13FN4O2S2. The first-order valence-electron chi connectivity index (χ1n) is 7.28. The Kier molecular flexibility index (Phi) is 5.56. The quantitative estimate of drug-likeness (QED) is 0.622. The number of rotatable bonds is 5. The molecule has 0 unspecified atom stereocenters. The number of benzene rings is 1. The van der Waals surface area contributed by atoms with Gasteiger partial charge in [-0.25, -0.2) is 4.39 Å². The number of hydrogen-bond acceptors (Lipinski definition) is 6. The Balaban J connectivity index is 1.55. The van der Waals surface area contributed by atoms with Crippen molar-refractivity contribution in [3.05, 3.63) is 52.5 Å². The fraction of sp³-hybridized carbons (Fsp3) is 0.125. The lowest BCUT2D eigenvalue weighted by atomic mass is 10.2. The summed E-state index contributed by atoms with van der Waals surface area (Å²) in [6.45, 7) is 0. The van der Waals surface area contributed by atoms with Gasteiger partial charge in [-0.1, -0.05) is 30.0 Å². The van der Waals surface area contributed by atoms with Gasteiger partial charge in [0.05, 0.1) is 11.9 Å². The topological polar surface area (TPSA) is 82.9 Å². The van der Waals surface area contributed by atoms with Crippen LogP contribution < -0.4 is 10.6 Å². The van der Waals surface area contributed by atoms with E-state index in [9.17, 15) is 14.0 Å². The fourth-order valence-corrected chi connectivity index (χ4v) is 3.53. The van der Waals surface area contributed by atoms with Gasteiger partial charge < -0.3 is 10.6 Å². The Labute approximate surface area is 151 Å². The summed E-state index contributed by atoms with van der Waals surface area (Å²) in [5.41, 5.74) is 0.0883. The van der Waals surface area contributed by atoms with Crippen molar-refractivity contribution in [3.63, 3.8) is 0 Å². The van der Waals surface area contributed by atoms with E-state index < -0.39 is 17.0 Å². The van der Waals surface area contributed by atoms with E-state index in [4.69, 9.17) is 0 Å². The number of carbonyl (C=O) groups excluding carboxylic acids is 2. The second-order valence-electron chi connectivity index (χ2n) is 4.99. The van der Waals surface area contributed by atoms with Crippen molar-refractivity contribution in [2.75, 3.05) is 5.32 Å². The van der Waals surface area contributed by atoms with E-state index in [2.05, 4.69) is 20.8 Å². The van der Waals surface area contributed by atoms with Gasteiger partial charge in [-0.15, -0.1) is 16.4 Å². The number of anilines is 1. The average molecular weight is 376 g/mol. The van der Waals surface area contributed by atoms with Crippen LogP contribution >= 0.6 is 23.1 Å². The maximum absolute atomic E-state index is 13.5. The van der Waals surface area contributed by atoms with Gasteiger partial charge in [0.1, 0.15) is 11.1 Å². The number of amidine groups is 1. The molecule has 1 aliphatic heterocycles. The Morgan fingerprint density at radius 2 is 2.16 bits per heavy atom. The monoisotopic (exact) mass is 376 g/mol. The highest BCUT2D eigenvalue weighted by atomic mass is 32.2. The summed E-state index contributed by atoms with van der Waals surface area (Å²) in [7, 11) is 0. The maximum Gasteiger partial charge on any atom is 0.240 e. The number of carbonyl (C=O) groups is 2. The Morgan fingerprint density at radius 3 is 2.92 bits per heavy atom. The second-order valence-corrected chi connectivity index (χ2v) is 7.16. The molecule has 128 valence electrons. The van der Waals surface area contributed by atoms with E-state index in [-0.39, 0.29) is 18.0 Å². The molecule has 2 amide bonds. The zero-order valence-corrected chi connectivity index (χ0v) is 14.4. The first-order valence-corrected chi connectivity index (χ1v) is 9.04. The highest BCUT2D eigenvalue weighted by Gasteiger charge is 2.32. The number of thioether (sulfide) groups is 1. The van der Waals surface area contributed by atoms with E-state index in [1.165, 1.54) is 29.5 Å². The molecule has 25 heavy (non-hydrogen) atoms. The van der Waals surface area contributed by atoms with Crippen molar-refractivity contribution < 1.29 is 14.0 Å². The molecule has 2 heterocycles. The van der Waals surface area contributed by atoms with Gasteiger partial charge >= 0.3 is 0 Å². The van der Waals surface area contributed by atoms with Crippen LogP contribution in [-0.4, -0.2) is 28.4 Å². The average Bonchev–Trinajstić information content (AvgIpc) is 3.20. The van der Waals surface area contributed by atoms with Crippen molar-refractivity contribution in [1.82, 2.24) is 5.32 Å². The molecule has 2 aromatic rings. The van der Waals surface area contributed by atoms with Gasteiger partial charge in [0, 0.05) is 11.3 Å². The van der Waals surface area contributed by atoms with E-state index in [1.54, 1.807) is 12.3 Å². The molecule has 2 N–H and O–H groups in total. The van der Waals surface area contributed by atoms with Crippen LogP contribution in [0.1, 0.15) is 11.3 Å². The summed E-state index contributed by atoms with van der Waals surface area (Å²) < 4.78 is 13.5. The summed E-state index contributed by atoms with van der Waals surface area (Å²) in [4.78, 5) is 24.9. The molecule has 1 aliphatic rings. The number of nitrogens with one attached hydrogen (secondary N) is 2. The minimum atomic E-state index is -0.623. The van der Waals surface area contributed by atoms with Crippen molar-refractivity contribution in [2.24, 2.45) is 10.2 Å². The van der Waals surface area contributed by atoms with Crippen LogP contribution in [0.15, 0.2) is 52.0 Å². The molecule has 1 aromatic heterocycles. The zero-order chi connectivity index (χ0) is 17.6. The standard InChI is InChI=1S/C16H13FN4O2S2/c17-11-5-1-2-6-12(11)19-14(22)8-13-15(23)20-16(25-13)21-18-9-10-4-3-7-24-10/h1-7,9,13H,8H2,(H,19,22)(H,20,21,23)/t13-/m0/s1. The van der Waals surface area contributed by atoms with Gasteiger partial charge in [0.15, 0.2) is 5.17 Å². The second kappa shape index (κ2) is 8.04. The lowest BCUT2D eigenvalue weighted by Gasteiger charge is -2.07. The van der Waals surface area contributed by atoms with E-state index in [0.29, 0.717) is 5.17 Å². The third kappa shape index (κ3) is 4.74. The number of hydrogen-bond donors (Lipinski definition) is 2. The molecule has 0 radical (unpaired) electrons. The van der Waals surface area contributed by atoms with Crippen LogP contribution in [0.3, 0.4) is 0 Å². The Morgan fingerprint density at radius 1 is 1.32 bits per heavy atom. The summed E-state index contributed by atoms with van der Waals surface area (Å²) in [6.07, 6.45) is 1.50. The van der Waals surface area contributed by atoms with Gasteiger partial charge in [-0.3, -0.25) is 9.59 Å². The summed E-state index contributed by atoms with van der Waals surface area (Å²) in [5.74, 6) is -1.29. The highest BCUT2D eigenvalue weighted by Crippen LogP contribution is 2.23. The zero-order valence-electron chi connectivity index (χ0n) is 12.8. The van der Waals surface area contributed by atoms with Gasteiger partial charge in [0.25, 0.3) is 0 Å². The van der Waals surface area contributed by atoms with Crippen molar-refractivity contribution in [1.29, 1.82) is 0 Å². The maximum atomic E-state index is 13.5. The van der Waals surface area contributed by atoms with Gasteiger partial charge in [-0.05, 0) is 23.6 Å². The highest BCUT2D eigenvalue weighted by molar-refractivity contribution is 8.15. The molecule has 0 bridgehead atoms. The van der Waals surface area contributed by atoms with Gasteiger partial charge in [0.2, 0.25) is 11.8 Å². The molecule has 0 saturated carbocycles. The number of halogens is 1. The van der Waals surface area contributed by atoms with Crippen LogP contribution in [0.5, 0.6) is 0 Å². The Hall–Kier alpha value is -2.52. The van der Waals surface area contributed by atoms with Crippen molar-refractivity contribution >= 4 is 52.0 Å². The predicted molar refractivity (Wildman–Crippen MR) is 98.5 cm³/mol. The molecule has 1 fully saturated rings. The van der Waals surface area contributed by atoms with Crippen LogP contribution in [0, 0.1) is 5.82 Å². The third-order valence-electron chi connectivity index (χ3n) is 3.17. The van der Waals surface area contributed by atoms with E-state index in [1.807, 2.05) is 17.5 Å². The summed E-state index contributed by atoms with van der Waals surface area (Å²) >= 11 is 2.64. The normalized spacial score (nSPS) is 18.7. The molecule has 6 nitrogen and oxygen atoms in total. The SMILES string of the molecule is O=C(C[C@@H]1SC(=NN=Cc2cccs2)NC1=O)Nc1ccccc1F. The summed E-state index contributed by atoms with van der Waals surface area (Å²) in [5, 5.41) is 14.5. The van der Waals surface area contributed by atoms with Crippen molar-refractivity contribution in [2.45, 2.75) is 11.7 Å². The number of para-hydroxylation sites is 1. The summed E-state index contributed by atoms with van der Waals surface area (Å²) in [6, 6.07) is 9.65. The largest absolute Gasteiger partial charge is 0.324 e. The van der Waals surface area contributed by atoms with Crippen LogP contribution in [0.4, 0.5) is 10.1 Å². The lowest BCUT2D eigenvalue weighted by molar-refractivity contribution is -0.122. The smallest absolute Gasteiger partial charge is 0.240 e. The number of nitrogens with zero attached hydrogens (tertiary/aromatic N) is 2. The van der Waals surface area contributed by atoms with E-state index >= 15 is 0 Å². The minimum absolute atomic E-state index is 0.0848. The predicted octanol–water partition coefficient (Wildman–Crippen LogP) is 2.84. The molecule has 1 atom stereocenters. The van der Waals surface area contributed by atoms with Crippen LogP contribution in [0.2, 0.25) is 0 Å². The molecule has 0 aliphatic carbocycles. The van der Waals surface area contributed by atoms with E-state index in [0.717, 1.165) is 16.6 Å². The minimum Gasteiger partial charge on any atom is -0.324 e. The van der Waals surface area contributed by atoms with Gasteiger partial charge in [-0.2, -0.15) is 5.10 Å². The number of amides is 2. The lowest BCUT2D eigenvalue weighted by Crippen LogP contribution is -2.28. The molecular weight excluding hydrogens is 363 g/mol. The molecule has 3 rings (SSSR count).